The predicted octanol–water partition coefficient (Wildman–Crippen LogP) is 0.552. The van der Waals surface area contributed by atoms with Crippen LogP contribution < -0.4 is 0 Å². The van der Waals surface area contributed by atoms with Crippen molar-refractivity contribution in [2.75, 3.05) is 77.0 Å². The average molecular weight is 317 g/mol. The van der Waals surface area contributed by atoms with Crippen LogP contribution in [-0.4, -0.2) is 96.6 Å². The first-order chi connectivity index (χ1) is 9.81. The van der Waals surface area contributed by atoms with Gasteiger partial charge in [0.1, 0.15) is 0 Å². The van der Waals surface area contributed by atoms with Gasteiger partial charge in [0.2, 0.25) is 0 Å². The Morgan fingerprint density at radius 1 is 0.600 bits per heavy atom. The first kappa shape index (κ1) is 16.3. The minimum absolute atomic E-state index is 0.941. The third-order valence-electron chi connectivity index (χ3n) is 4.13. The number of hydrogen-bond acceptors (Lipinski definition) is 6. The van der Waals surface area contributed by atoms with E-state index in [0.717, 1.165) is 77.0 Å². The number of nitrogens with zero attached hydrogens (tertiary/aromatic N) is 4. The van der Waals surface area contributed by atoms with Crippen LogP contribution in [0.1, 0.15) is 0 Å². The summed E-state index contributed by atoms with van der Waals surface area (Å²) in [6.45, 7) is 11.3. The van der Waals surface area contributed by atoms with Crippen LogP contribution in [0.2, 0.25) is 0 Å². The maximum absolute atomic E-state index is 4.39. The van der Waals surface area contributed by atoms with Gasteiger partial charge in [0.05, 0.1) is 0 Å². The zero-order chi connectivity index (χ0) is 14.2. The predicted molar refractivity (Wildman–Crippen MR) is 92.9 cm³/mol. The van der Waals surface area contributed by atoms with Crippen LogP contribution in [-0.2, 0) is 0 Å². The molecule has 2 bridgehead atoms. The molecule has 0 unspecified atom stereocenters. The molecule has 3 aliphatic heterocycles. The summed E-state index contributed by atoms with van der Waals surface area (Å²) in [7, 11) is 0. The summed E-state index contributed by atoms with van der Waals surface area (Å²) in [5.74, 6) is 1.88. The van der Waals surface area contributed by atoms with Gasteiger partial charge < -0.3 is 9.80 Å². The molecule has 4 nitrogen and oxygen atoms in total. The largest absolute Gasteiger partial charge is 0.373 e. The highest BCUT2D eigenvalue weighted by atomic mass is 32.1. The number of thiol groups is 2. The Kier molecular flexibility index (Phi) is 7.41. The number of hydrogen-bond donors (Lipinski definition) is 2. The molecule has 0 radical (unpaired) electrons. The average Bonchev–Trinajstić information content (AvgIpc) is 2.46. The lowest BCUT2D eigenvalue weighted by Gasteiger charge is -2.36. The van der Waals surface area contributed by atoms with Gasteiger partial charge in [-0.2, -0.15) is 25.3 Å². The van der Waals surface area contributed by atoms with Gasteiger partial charge in [-0.15, -0.1) is 0 Å². The Morgan fingerprint density at radius 3 is 1.30 bits per heavy atom. The molecule has 0 spiro atoms. The Labute approximate surface area is 134 Å². The van der Waals surface area contributed by atoms with Crippen molar-refractivity contribution in [3.05, 3.63) is 12.4 Å². The van der Waals surface area contributed by atoms with Gasteiger partial charge in [0, 0.05) is 89.4 Å². The molecule has 0 N–H and O–H groups in total. The topological polar surface area (TPSA) is 13.0 Å². The number of fused-ring (bicyclic) bond motifs is 8. The Bertz CT molecular complexity index is 273. The van der Waals surface area contributed by atoms with Crippen molar-refractivity contribution in [2.45, 2.75) is 0 Å². The molecule has 1 saturated heterocycles. The van der Waals surface area contributed by atoms with Crippen molar-refractivity contribution in [3.63, 3.8) is 0 Å². The second-order valence-electron chi connectivity index (χ2n) is 5.50. The zero-order valence-electron chi connectivity index (χ0n) is 12.3. The molecule has 116 valence electrons. The Hall–Kier alpha value is -0.0400. The standard InChI is InChI=1S/C14H28N4S2/c19-13-11-17-7-5-15-1-2-16(4-3-15)6-8-18(10-9-17)12-14-20/h1-2,19-20H,3-14H2. The lowest BCUT2D eigenvalue weighted by atomic mass is 10.3. The molecular weight excluding hydrogens is 288 g/mol. The van der Waals surface area contributed by atoms with E-state index in [-0.39, 0.29) is 0 Å². The van der Waals surface area contributed by atoms with E-state index in [1.54, 1.807) is 0 Å². The van der Waals surface area contributed by atoms with Gasteiger partial charge >= 0.3 is 0 Å². The summed E-state index contributed by atoms with van der Waals surface area (Å²) in [5.41, 5.74) is 0. The summed E-state index contributed by atoms with van der Waals surface area (Å²) in [6.07, 6.45) is 4.51. The second kappa shape index (κ2) is 9.07. The number of rotatable bonds is 4. The van der Waals surface area contributed by atoms with Crippen LogP contribution in [0.3, 0.4) is 0 Å². The summed E-state index contributed by atoms with van der Waals surface area (Å²) in [6, 6.07) is 0. The molecule has 0 aromatic heterocycles. The maximum atomic E-state index is 4.39. The first-order valence-electron chi connectivity index (χ1n) is 7.64. The lowest BCUT2D eigenvalue weighted by Crippen LogP contribution is -2.46. The van der Waals surface area contributed by atoms with E-state index < -0.39 is 0 Å². The smallest absolute Gasteiger partial charge is 0.0349 e. The Balaban J connectivity index is 1.96. The van der Waals surface area contributed by atoms with E-state index in [4.69, 9.17) is 0 Å². The highest BCUT2D eigenvalue weighted by Gasteiger charge is 2.15. The summed E-state index contributed by atoms with van der Waals surface area (Å²) in [4.78, 5) is 9.96. The van der Waals surface area contributed by atoms with Gasteiger partial charge in [0.25, 0.3) is 0 Å². The van der Waals surface area contributed by atoms with E-state index in [2.05, 4.69) is 57.3 Å². The van der Waals surface area contributed by atoms with Crippen LogP contribution in [0.25, 0.3) is 0 Å². The van der Waals surface area contributed by atoms with Crippen molar-refractivity contribution in [2.24, 2.45) is 0 Å². The van der Waals surface area contributed by atoms with Gasteiger partial charge in [0.15, 0.2) is 0 Å². The van der Waals surface area contributed by atoms with Crippen LogP contribution >= 0.6 is 25.3 Å². The third-order valence-corrected chi connectivity index (χ3v) is 4.53. The molecule has 20 heavy (non-hydrogen) atoms. The summed E-state index contributed by atoms with van der Waals surface area (Å²) in [5, 5.41) is 0. The van der Waals surface area contributed by atoms with Gasteiger partial charge in [-0.3, -0.25) is 9.80 Å². The molecule has 0 saturated carbocycles. The van der Waals surface area contributed by atoms with Crippen molar-refractivity contribution in [1.82, 2.24) is 19.6 Å². The Morgan fingerprint density at radius 2 is 0.950 bits per heavy atom. The molecule has 1 fully saturated rings. The normalized spacial score (nSPS) is 22.9. The fourth-order valence-electron chi connectivity index (χ4n) is 2.74. The van der Waals surface area contributed by atoms with Crippen molar-refractivity contribution < 1.29 is 0 Å². The SMILES string of the molecule is SCCN1CCN2C=CN(CC2)CCN(CCS)CC1. The zero-order valence-corrected chi connectivity index (χ0v) is 14.1. The molecule has 0 aromatic carbocycles. The fraction of sp³-hybridized carbons (Fsp3) is 0.857. The van der Waals surface area contributed by atoms with E-state index in [9.17, 15) is 0 Å². The van der Waals surface area contributed by atoms with Gasteiger partial charge in [-0.1, -0.05) is 0 Å². The van der Waals surface area contributed by atoms with Gasteiger partial charge in [-0.05, 0) is 0 Å². The first-order valence-corrected chi connectivity index (χ1v) is 8.91. The van der Waals surface area contributed by atoms with E-state index in [1.165, 1.54) is 0 Å². The minimum atomic E-state index is 0.941. The molecule has 0 aromatic rings. The summed E-state index contributed by atoms with van der Waals surface area (Å²) < 4.78 is 0. The lowest BCUT2D eigenvalue weighted by molar-refractivity contribution is 0.162. The molecule has 6 heteroatoms. The molecule has 0 amide bonds. The third kappa shape index (κ3) is 5.39. The molecule has 3 rings (SSSR count). The molecule has 0 atom stereocenters. The van der Waals surface area contributed by atoms with E-state index in [0.29, 0.717) is 0 Å². The molecule has 3 heterocycles. The highest BCUT2D eigenvalue weighted by molar-refractivity contribution is 7.80. The van der Waals surface area contributed by atoms with Crippen LogP contribution in [0.4, 0.5) is 0 Å². The molecular formula is C14H28N4S2. The van der Waals surface area contributed by atoms with Crippen LogP contribution in [0, 0.1) is 0 Å². The monoisotopic (exact) mass is 316 g/mol. The van der Waals surface area contributed by atoms with Crippen LogP contribution in [0.15, 0.2) is 12.4 Å². The maximum Gasteiger partial charge on any atom is 0.0349 e. The molecule has 0 aliphatic carbocycles. The van der Waals surface area contributed by atoms with Gasteiger partial charge in [-0.25, -0.2) is 0 Å². The summed E-state index contributed by atoms with van der Waals surface area (Å²) >= 11 is 8.79. The van der Waals surface area contributed by atoms with E-state index >= 15 is 0 Å². The fourth-order valence-corrected chi connectivity index (χ4v) is 3.31. The second-order valence-corrected chi connectivity index (χ2v) is 6.40. The van der Waals surface area contributed by atoms with Crippen LogP contribution in [0.5, 0.6) is 0 Å². The van der Waals surface area contributed by atoms with Crippen molar-refractivity contribution in [3.8, 4) is 0 Å². The highest BCUT2D eigenvalue weighted by Crippen LogP contribution is 2.06. The molecule has 3 aliphatic rings. The van der Waals surface area contributed by atoms with E-state index in [1.807, 2.05) is 0 Å². The van der Waals surface area contributed by atoms with Crippen molar-refractivity contribution in [1.29, 1.82) is 0 Å². The minimum Gasteiger partial charge on any atom is -0.373 e. The van der Waals surface area contributed by atoms with Crippen molar-refractivity contribution >= 4 is 25.3 Å². The quantitative estimate of drug-likeness (QED) is 0.735.